The fourth-order valence-corrected chi connectivity index (χ4v) is 2.91. The van der Waals surface area contributed by atoms with Crippen LogP contribution in [0, 0.1) is 11.2 Å². The highest BCUT2D eigenvalue weighted by Gasteiger charge is 2.18. The van der Waals surface area contributed by atoms with Gasteiger partial charge in [0.2, 0.25) is 0 Å². The van der Waals surface area contributed by atoms with Gasteiger partial charge in [-0.1, -0.05) is 24.3 Å². The van der Waals surface area contributed by atoms with Crippen LogP contribution in [0.15, 0.2) is 42.5 Å². The van der Waals surface area contributed by atoms with E-state index < -0.39 is 0 Å². The molecule has 21 heavy (non-hydrogen) atoms. The molecule has 0 radical (unpaired) electrons. The van der Waals surface area contributed by atoms with Crippen molar-refractivity contribution in [1.29, 1.82) is 5.41 Å². The molecular formula is C17H18FN3. The second-order valence-electron chi connectivity index (χ2n) is 5.37. The molecule has 1 aliphatic rings. The van der Waals surface area contributed by atoms with E-state index in [0.717, 1.165) is 31.6 Å². The molecule has 3 N–H and O–H groups in total. The van der Waals surface area contributed by atoms with Gasteiger partial charge in [-0.25, -0.2) is 4.39 Å². The second-order valence-corrected chi connectivity index (χ2v) is 5.37. The number of nitrogen functional groups attached to an aromatic ring is 1. The van der Waals surface area contributed by atoms with Crippen molar-refractivity contribution in [2.75, 3.05) is 11.4 Å². The normalized spacial score (nSPS) is 14.4. The molecule has 0 saturated heterocycles. The van der Waals surface area contributed by atoms with Gasteiger partial charge in [-0.2, -0.15) is 0 Å². The average Bonchev–Trinajstić information content (AvgIpc) is 2.69. The van der Waals surface area contributed by atoms with Gasteiger partial charge >= 0.3 is 0 Å². The van der Waals surface area contributed by atoms with Crippen molar-refractivity contribution in [3.63, 3.8) is 0 Å². The van der Waals surface area contributed by atoms with Gasteiger partial charge in [0.15, 0.2) is 0 Å². The Morgan fingerprint density at radius 1 is 1.14 bits per heavy atom. The topological polar surface area (TPSA) is 53.1 Å². The average molecular weight is 283 g/mol. The van der Waals surface area contributed by atoms with Crippen LogP contribution in [-0.2, 0) is 13.0 Å². The van der Waals surface area contributed by atoms with Crippen LogP contribution in [0.4, 0.5) is 10.1 Å². The molecule has 0 unspecified atom stereocenters. The van der Waals surface area contributed by atoms with Crippen LogP contribution in [0.1, 0.15) is 23.1 Å². The molecular weight excluding hydrogens is 265 g/mol. The molecule has 3 rings (SSSR count). The maximum Gasteiger partial charge on any atom is 0.125 e. The first kappa shape index (κ1) is 13.6. The first-order chi connectivity index (χ1) is 10.1. The Morgan fingerprint density at radius 2 is 1.90 bits per heavy atom. The van der Waals surface area contributed by atoms with E-state index in [4.69, 9.17) is 11.1 Å². The Morgan fingerprint density at radius 3 is 2.67 bits per heavy atom. The van der Waals surface area contributed by atoms with Crippen molar-refractivity contribution in [3.8, 4) is 0 Å². The molecule has 1 aliphatic heterocycles. The smallest absolute Gasteiger partial charge is 0.125 e. The molecule has 2 aromatic rings. The van der Waals surface area contributed by atoms with Crippen LogP contribution in [0.2, 0.25) is 0 Å². The number of hydrogen-bond donors (Lipinski definition) is 2. The number of benzene rings is 2. The van der Waals surface area contributed by atoms with Gasteiger partial charge in [-0.15, -0.1) is 0 Å². The Labute approximate surface area is 123 Å². The number of nitrogens with one attached hydrogen (secondary N) is 1. The summed E-state index contributed by atoms with van der Waals surface area (Å²) in [5.41, 5.74) is 9.57. The third-order valence-electron chi connectivity index (χ3n) is 3.94. The summed E-state index contributed by atoms with van der Waals surface area (Å²) in [5, 5.41) is 7.68. The molecule has 0 amide bonds. The largest absolute Gasteiger partial charge is 0.384 e. The summed E-state index contributed by atoms with van der Waals surface area (Å²) in [6.45, 7) is 1.64. The van der Waals surface area contributed by atoms with E-state index in [1.165, 1.54) is 23.3 Å². The van der Waals surface area contributed by atoms with Gasteiger partial charge in [0.1, 0.15) is 11.7 Å². The maximum atomic E-state index is 13.4. The zero-order valence-corrected chi connectivity index (χ0v) is 11.8. The first-order valence-electron chi connectivity index (χ1n) is 7.11. The summed E-state index contributed by atoms with van der Waals surface area (Å²) in [5.74, 6) is -0.457. The standard InChI is InChI=1S/C17H18FN3/c18-14-7-8-16(15(10-14)17(19)20)21-9-3-6-12-4-1-2-5-13(12)11-21/h1-2,4-5,7-8,10H,3,6,9,11H2,(H3,19,20). The predicted octanol–water partition coefficient (Wildman–Crippen LogP) is 3.06. The van der Waals surface area contributed by atoms with Crippen molar-refractivity contribution in [2.45, 2.75) is 19.4 Å². The minimum Gasteiger partial charge on any atom is -0.384 e. The van der Waals surface area contributed by atoms with Gasteiger partial charge < -0.3 is 10.6 Å². The Hall–Kier alpha value is -2.36. The van der Waals surface area contributed by atoms with Crippen LogP contribution in [-0.4, -0.2) is 12.4 Å². The lowest BCUT2D eigenvalue weighted by atomic mass is 10.0. The summed E-state index contributed by atoms with van der Waals surface area (Å²) in [4.78, 5) is 2.18. The molecule has 0 spiro atoms. The summed E-state index contributed by atoms with van der Waals surface area (Å²) in [6.07, 6.45) is 2.08. The summed E-state index contributed by atoms with van der Waals surface area (Å²) < 4.78 is 13.4. The fourth-order valence-electron chi connectivity index (χ4n) is 2.91. The molecule has 4 heteroatoms. The van der Waals surface area contributed by atoms with Crippen molar-refractivity contribution >= 4 is 11.5 Å². The number of rotatable bonds is 2. The number of nitrogens with two attached hydrogens (primary N) is 1. The third kappa shape index (κ3) is 2.75. The van der Waals surface area contributed by atoms with E-state index >= 15 is 0 Å². The van der Waals surface area contributed by atoms with Crippen molar-refractivity contribution in [1.82, 2.24) is 0 Å². The lowest BCUT2D eigenvalue weighted by Gasteiger charge is -2.25. The van der Waals surface area contributed by atoms with Crippen LogP contribution in [0.3, 0.4) is 0 Å². The van der Waals surface area contributed by atoms with Gasteiger partial charge in [0.25, 0.3) is 0 Å². The van der Waals surface area contributed by atoms with Crippen LogP contribution < -0.4 is 10.6 Å². The quantitative estimate of drug-likeness (QED) is 0.657. The Kier molecular flexibility index (Phi) is 3.60. The fraction of sp³-hybridized carbons (Fsp3) is 0.235. The number of hydrogen-bond acceptors (Lipinski definition) is 2. The zero-order chi connectivity index (χ0) is 14.8. The Bertz CT molecular complexity index is 681. The van der Waals surface area contributed by atoms with Gasteiger partial charge in [-0.05, 0) is 42.2 Å². The molecule has 0 atom stereocenters. The molecule has 0 aliphatic carbocycles. The second kappa shape index (κ2) is 5.56. The highest BCUT2D eigenvalue weighted by Crippen LogP contribution is 2.27. The van der Waals surface area contributed by atoms with E-state index in [0.29, 0.717) is 5.56 Å². The number of halogens is 1. The monoisotopic (exact) mass is 283 g/mol. The molecule has 0 fully saturated rings. The van der Waals surface area contributed by atoms with Crippen LogP contribution in [0.25, 0.3) is 0 Å². The molecule has 2 aromatic carbocycles. The van der Waals surface area contributed by atoms with Crippen LogP contribution >= 0.6 is 0 Å². The highest BCUT2D eigenvalue weighted by atomic mass is 19.1. The minimum absolute atomic E-state index is 0.0953. The van der Waals surface area contributed by atoms with Crippen molar-refractivity contribution in [3.05, 3.63) is 65.0 Å². The lowest BCUT2D eigenvalue weighted by Crippen LogP contribution is -2.26. The minimum atomic E-state index is -0.362. The highest BCUT2D eigenvalue weighted by molar-refractivity contribution is 6.00. The zero-order valence-electron chi connectivity index (χ0n) is 11.8. The predicted molar refractivity (Wildman–Crippen MR) is 83.2 cm³/mol. The van der Waals surface area contributed by atoms with Crippen LogP contribution in [0.5, 0.6) is 0 Å². The summed E-state index contributed by atoms with van der Waals surface area (Å²) >= 11 is 0. The van der Waals surface area contributed by atoms with E-state index in [1.807, 2.05) is 6.07 Å². The number of anilines is 1. The summed E-state index contributed by atoms with van der Waals surface area (Å²) in [6, 6.07) is 12.9. The van der Waals surface area contributed by atoms with E-state index in [9.17, 15) is 4.39 Å². The van der Waals surface area contributed by atoms with Gasteiger partial charge in [0.05, 0.1) is 0 Å². The van der Waals surface area contributed by atoms with E-state index in [1.54, 1.807) is 6.07 Å². The van der Waals surface area contributed by atoms with Crippen molar-refractivity contribution in [2.24, 2.45) is 5.73 Å². The molecule has 3 nitrogen and oxygen atoms in total. The maximum absolute atomic E-state index is 13.4. The molecule has 0 saturated carbocycles. The first-order valence-corrected chi connectivity index (χ1v) is 7.11. The summed E-state index contributed by atoms with van der Waals surface area (Å²) in [7, 11) is 0. The number of amidine groups is 1. The lowest BCUT2D eigenvalue weighted by molar-refractivity contribution is 0.626. The third-order valence-corrected chi connectivity index (χ3v) is 3.94. The molecule has 1 heterocycles. The van der Waals surface area contributed by atoms with Crippen molar-refractivity contribution < 1.29 is 4.39 Å². The number of nitrogens with zero attached hydrogens (tertiary/aromatic N) is 1. The van der Waals surface area contributed by atoms with Gasteiger partial charge in [0, 0.05) is 24.3 Å². The number of fused-ring (bicyclic) bond motifs is 1. The van der Waals surface area contributed by atoms with E-state index in [2.05, 4.69) is 23.1 Å². The number of aryl methyl sites for hydroxylation is 1. The molecule has 0 bridgehead atoms. The SMILES string of the molecule is N=C(N)c1cc(F)ccc1N1CCCc2ccccc2C1. The Balaban J connectivity index is 2.00. The van der Waals surface area contributed by atoms with E-state index in [-0.39, 0.29) is 11.7 Å². The molecule has 0 aromatic heterocycles. The van der Waals surface area contributed by atoms with Gasteiger partial charge in [-0.3, -0.25) is 5.41 Å². The molecule has 108 valence electrons.